The summed E-state index contributed by atoms with van der Waals surface area (Å²) in [5, 5.41) is 37.1. The lowest BCUT2D eigenvalue weighted by molar-refractivity contribution is 0.0687. The summed E-state index contributed by atoms with van der Waals surface area (Å²) < 4.78 is 192. The van der Waals surface area contributed by atoms with E-state index in [1.54, 1.807) is 0 Å². The standard InChI is InChI=1S/C42H28N6O23S6/c49-39(43-33-7-5-21(9-31(33)41(51)52)45-47-23-11-27-29(35(13-23)74(60,61)62)15-25(72(55)56)16-37(27)76(66,67)68)19-1-3-20(4-2-19)40(50)44-34-8-6-22(10-32(34)42(53)54)46-48-24-12-28-30(36(14-24)75(63,64)65)17-26(73(57,58)59)18-38(28)77(69,70)71/h1-18H,(H,43,49)(H,44,50)(H,51,52)(H,53,54)(H,55,56)(H,57,58,59)(H,60,61,62)(H,63,64,65)(H,66,67,68)(H,69,70,71). The molecular weight excluding hydrogens is 1150 g/mol. The fourth-order valence-electron chi connectivity index (χ4n) is 7.08. The van der Waals surface area contributed by atoms with Gasteiger partial charge in [-0.2, -0.15) is 62.5 Å². The second-order valence-electron chi connectivity index (χ2n) is 15.5. The highest BCUT2D eigenvalue weighted by Crippen LogP contribution is 2.38. The third-order valence-corrected chi connectivity index (χ3v) is 15.5. The van der Waals surface area contributed by atoms with Gasteiger partial charge in [-0.3, -0.25) is 32.4 Å². The molecule has 0 radical (unpaired) electrons. The molecule has 2 amide bonds. The Morgan fingerprint density at radius 2 is 0.740 bits per heavy atom. The molecular formula is C42H28N6O23S6. The van der Waals surface area contributed by atoms with Crippen LogP contribution >= 0.6 is 0 Å². The molecule has 0 heterocycles. The first-order valence-electron chi connectivity index (χ1n) is 20.1. The molecule has 0 saturated carbocycles. The zero-order valence-corrected chi connectivity index (χ0v) is 42.2. The predicted octanol–water partition coefficient (Wildman–Crippen LogP) is 6.54. The molecule has 0 aliphatic rings. The van der Waals surface area contributed by atoms with E-state index in [1.807, 2.05) is 0 Å². The minimum Gasteiger partial charge on any atom is -0.478 e. The van der Waals surface area contributed by atoms with Gasteiger partial charge in [0, 0.05) is 32.7 Å². The van der Waals surface area contributed by atoms with Crippen molar-refractivity contribution in [3.63, 3.8) is 0 Å². The summed E-state index contributed by atoms with van der Waals surface area (Å²) in [7, 11) is -26.3. The van der Waals surface area contributed by atoms with Gasteiger partial charge in [0.25, 0.3) is 62.4 Å². The smallest absolute Gasteiger partial charge is 0.337 e. The lowest BCUT2D eigenvalue weighted by atomic mass is 10.1. The molecule has 0 aromatic heterocycles. The van der Waals surface area contributed by atoms with Crippen molar-refractivity contribution in [3.05, 3.63) is 131 Å². The van der Waals surface area contributed by atoms with Gasteiger partial charge in [0.1, 0.15) is 19.6 Å². The van der Waals surface area contributed by atoms with Crippen LogP contribution in [0, 0.1) is 0 Å². The predicted molar refractivity (Wildman–Crippen MR) is 264 cm³/mol. The fraction of sp³-hybridized carbons (Fsp3) is 0. The second-order valence-corrected chi connectivity index (χ2v) is 23.5. The fourth-order valence-corrected chi connectivity index (χ4v) is 11.1. The molecule has 29 nitrogen and oxygen atoms in total. The lowest BCUT2D eigenvalue weighted by Gasteiger charge is -2.11. The maximum Gasteiger partial charge on any atom is 0.337 e. The molecule has 0 spiro atoms. The number of amides is 2. The van der Waals surface area contributed by atoms with Crippen LogP contribution < -0.4 is 10.6 Å². The molecule has 0 bridgehead atoms. The zero-order chi connectivity index (χ0) is 56.9. The largest absolute Gasteiger partial charge is 0.478 e. The van der Waals surface area contributed by atoms with Gasteiger partial charge in [-0.25, -0.2) is 13.8 Å². The van der Waals surface area contributed by atoms with E-state index in [-0.39, 0.29) is 33.9 Å². The van der Waals surface area contributed by atoms with Crippen molar-refractivity contribution in [3.8, 4) is 0 Å². The molecule has 0 aliphatic carbocycles. The van der Waals surface area contributed by atoms with Gasteiger partial charge in [-0.1, -0.05) is 0 Å². The molecule has 7 rings (SSSR count). The van der Waals surface area contributed by atoms with E-state index >= 15 is 0 Å². The number of fused-ring (bicyclic) bond motifs is 2. The molecule has 10 N–H and O–H groups in total. The quantitative estimate of drug-likeness (QED) is 0.0279. The molecule has 0 fully saturated rings. The van der Waals surface area contributed by atoms with Crippen LogP contribution in [-0.4, -0.2) is 108 Å². The van der Waals surface area contributed by atoms with Crippen LogP contribution in [0.15, 0.2) is 159 Å². The summed E-state index contributed by atoms with van der Waals surface area (Å²) in [5.74, 6) is -5.05. The highest BCUT2D eigenvalue weighted by molar-refractivity contribution is 7.87. The van der Waals surface area contributed by atoms with Crippen LogP contribution in [0.4, 0.5) is 34.1 Å². The molecule has 35 heteroatoms. The second kappa shape index (κ2) is 20.7. The van der Waals surface area contributed by atoms with Gasteiger partial charge < -0.3 is 25.4 Å². The number of nitrogens with one attached hydrogen (secondary N) is 2. The Morgan fingerprint density at radius 1 is 0.403 bits per heavy atom. The molecule has 77 heavy (non-hydrogen) atoms. The number of carboxylic acid groups (broad SMARTS) is 2. The van der Waals surface area contributed by atoms with Gasteiger partial charge >= 0.3 is 11.9 Å². The molecule has 7 aromatic rings. The Balaban J connectivity index is 1.09. The first-order valence-corrected chi connectivity index (χ1v) is 28.4. The van der Waals surface area contributed by atoms with Crippen molar-refractivity contribution < 1.29 is 103 Å². The number of hydrogen-bond donors (Lipinski definition) is 10. The van der Waals surface area contributed by atoms with Crippen LogP contribution in [0.1, 0.15) is 41.4 Å². The van der Waals surface area contributed by atoms with E-state index in [2.05, 4.69) is 31.1 Å². The van der Waals surface area contributed by atoms with Gasteiger partial charge in [-0.15, -0.1) is 0 Å². The Bertz CT molecular complexity index is 4440. The van der Waals surface area contributed by atoms with Crippen LogP contribution in [-0.2, 0) is 61.7 Å². The minimum absolute atomic E-state index is 0.137. The average molecular weight is 1180 g/mol. The molecule has 0 aliphatic heterocycles. The summed E-state index contributed by atoms with van der Waals surface area (Å²) in [5.41, 5.74) is -3.60. The first kappa shape index (κ1) is 56.5. The summed E-state index contributed by atoms with van der Waals surface area (Å²) in [6.45, 7) is 0. The van der Waals surface area contributed by atoms with Crippen molar-refractivity contribution in [1.82, 2.24) is 0 Å². The maximum atomic E-state index is 13.3. The van der Waals surface area contributed by atoms with Crippen molar-refractivity contribution in [2.24, 2.45) is 20.5 Å². The van der Waals surface area contributed by atoms with E-state index < -0.39 is 159 Å². The van der Waals surface area contributed by atoms with Gasteiger partial charge in [0.05, 0.1) is 55.0 Å². The van der Waals surface area contributed by atoms with Gasteiger partial charge in [0.2, 0.25) is 0 Å². The number of anilines is 2. The summed E-state index contributed by atoms with van der Waals surface area (Å²) in [4.78, 5) is 44.8. The Labute approximate surface area is 433 Å². The van der Waals surface area contributed by atoms with Gasteiger partial charge in [-0.05, 0) is 109 Å². The normalized spacial score (nSPS) is 13.0. The summed E-state index contributed by atoms with van der Waals surface area (Å²) in [6.07, 6.45) is 0. The number of carboxylic acids is 2. The number of nitrogens with zero attached hydrogens (tertiary/aromatic N) is 4. The molecule has 7 aromatic carbocycles. The minimum atomic E-state index is -5.35. The third-order valence-electron chi connectivity index (χ3n) is 10.5. The first-order chi connectivity index (χ1) is 35.6. The number of aromatic carboxylic acids is 2. The van der Waals surface area contributed by atoms with Crippen molar-refractivity contribution in [2.45, 2.75) is 29.4 Å². The number of azo groups is 2. The SMILES string of the molecule is O=C(Nc1ccc(N=Nc2cc(S(=O)(=O)O)c3cc(S(=O)O)cc(S(=O)(=O)O)c3c2)cc1C(=O)O)c1ccc(C(=O)Nc2ccc(N=Nc3cc(S(=O)(=O)O)c4cc(S(=O)(=O)O)cc(S(=O)(=O)O)c4c3)cc2C(=O)O)cc1. The van der Waals surface area contributed by atoms with E-state index in [0.29, 0.717) is 30.3 Å². The molecule has 1 unspecified atom stereocenters. The van der Waals surface area contributed by atoms with Crippen LogP contribution in [0.3, 0.4) is 0 Å². The van der Waals surface area contributed by atoms with E-state index in [1.165, 1.54) is 0 Å². The number of hydrogen-bond acceptors (Lipinski definition) is 19. The summed E-state index contributed by atoms with van der Waals surface area (Å²) in [6, 6.07) is 15.9. The van der Waals surface area contributed by atoms with Crippen LogP contribution in [0.2, 0.25) is 0 Å². The van der Waals surface area contributed by atoms with E-state index in [9.17, 15) is 103 Å². The van der Waals surface area contributed by atoms with Gasteiger partial charge in [0.15, 0.2) is 11.1 Å². The maximum absolute atomic E-state index is 13.3. The highest BCUT2D eigenvalue weighted by Gasteiger charge is 2.27. The van der Waals surface area contributed by atoms with E-state index in [4.69, 9.17) is 0 Å². The Hall–Kier alpha value is -8.20. The third kappa shape index (κ3) is 12.7. The van der Waals surface area contributed by atoms with Crippen LogP contribution in [0.5, 0.6) is 0 Å². The summed E-state index contributed by atoms with van der Waals surface area (Å²) >= 11 is -2.89. The lowest BCUT2D eigenvalue weighted by Crippen LogP contribution is -2.16. The van der Waals surface area contributed by atoms with Crippen molar-refractivity contribution in [1.29, 1.82) is 0 Å². The number of carbonyl (C=O) groups excluding carboxylic acids is 2. The van der Waals surface area contributed by atoms with E-state index in [0.717, 1.165) is 78.9 Å². The number of rotatable bonds is 16. The van der Waals surface area contributed by atoms with Crippen molar-refractivity contribution in [2.75, 3.05) is 10.6 Å². The average Bonchev–Trinajstić information content (AvgIpc) is 3.34. The molecule has 1 atom stereocenters. The molecule has 0 saturated heterocycles. The Morgan fingerprint density at radius 3 is 1.09 bits per heavy atom. The highest BCUT2D eigenvalue weighted by atomic mass is 32.2. The molecule has 400 valence electrons. The number of benzene rings is 7. The Kier molecular flexibility index (Phi) is 15.2. The van der Waals surface area contributed by atoms with Crippen LogP contribution in [0.25, 0.3) is 21.5 Å². The monoisotopic (exact) mass is 1180 g/mol. The topological polar surface area (TPSA) is 491 Å². The van der Waals surface area contributed by atoms with Crippen molar-refractivity contribution >= 4 is 141 Å². The zero-order valence-electron chi connectivity index (χ0n) is 37.3. The number of carbonyl (C=O) groups is 4.